The van der Waals surface area contributed by atoms with Gasteiger partial charge in [0.25, 0.3) is 0 Å². The standard InChI is InChI=1S/C11H17NO2/c1-4-7-14-9-5-6-11(13-3)10(8-9)12-2/h5-6,8,12H,4,7H2,1-3H3. The molecular weight excluding hydrogens is 178 g/mol. The molecule has 0 fully saturated rings. The molecule has 0 amide bonds. The Bertz CT molecular complexity index is 287. The maximum Gasteiger partial charge on any atom is 0.142 e. The van der Waals surface area contributed by atoms with E-state index < -0.39 is 0 Å². The molecule has 3 heteroatoms. The van der Waals surface area contributed by atoms with Crippen molar-refractivity contribution in [1.82, 2.24) is 0 Å². The second-order valence-electron chi connectivity index (χ2n) is 2.96. The molecule has 1 N–H and O–H groups in total. The molecular formula is C11H17NO2. The fourth-order valence-electron chi connectivity index (χ4n) is 1.19. The third-order valence-electron chi connectivity index (χ3n) is 1.91. The summed E-state index contributed by atoms with van der Waals surface area (Å²) in [5, 5.41) is 3.06. The van der Waals surface area contributed by atoms with Crippen molar-refractivity contribution in [3.8, 4) is 11.5 Å². The van der Waals surface area contributed by atoms with E-state index in [1.807, 2.05) is 25.2 Å². The lowest BCUT2D eigenvalue weighted by Crippen LogP contribution is -1.98. The monoisotopic (exact) mass is 195 g/mol. The molecule has 0 bridgehead atoms. The minimum absolute atomic E-state index is 0.746. The van der Waals surface area contributed by atoms with E-state index in [1.54, 1.807) is 7.11 Å². The van der Waals surface area contributed by atoms with Crippen LogP contribution in [0.15, 0.2) is 18.2 Å². The first-order chi connectivity index (χ1) is 6.81. The van der Waals surface area contributed by atoms with Gasteiger partial charge < -0.3 is 14.8 Å². The molecule has 0 atom stereocenters. The van der Waals surface area contributed by atoms with E-state index in [-0.39, 0.29) is 0 Å². The first-order valence-corrected chi connectivity index (χ1v) is 4.80. The van der Waals surface area contributed by atoms with Crippen molar-refractivity contribution < 1.29 is 9.47 Å². The van der Waals surface area contributed by atoms with Crippen LogP contribution in [0.4, 0.5) is 5.69 Å². The maximum atomic E-state index is 5.50. The lowest BCUT2D eigenvalue weighted by molar-refractivity contribution is 0.317. The Hall–Kier alpha value is -1.38. The predicted molar refractivity (Wildman–Crippen MR) is 58.3 cm³/mol. The van der Waals surface area contributed by atoms with Crippen LogP contribution in [-0.4, -0.2) is 20.8 Å². The van der Waals surface area contributed by atoms with Gasteiger partial charge in [-0.1, -0.05) is 6.92 Å². The molecule has 0 heterocycles. The minimum atomic E-state index is 0.746. The van der Waals surface area contributed by atoms with Crippen LogP contribution >= 0.6 is 0 Å². The van der Waals surface area contributed by atoms with E-state index in [9.17, 15) is 0 Å². The van der Waals surface area contributed by atoms with Crippen LogP contribution in [0.2, 0.25) is 0 Å². The van der Waals surface area contributed by atoms with Crippen LogP contribution in [0.3, 0.4) is 0 Å². The van der Waals surface area contributed by atoms with E-state index in [0.29, 0.717) is 0 Å². The maximum absolute atomic E-state index is 5.50. The molecule has 3 nitrogen and oxygen atoms in total. The second-order valence-corrected chi connectivity index (χ2v) is 2.96. The van der Waals surface area contributed by atoms with Gasteiger partial charge in [0.15, 0.2) is 0 Å². The van der Waals surface area contributed by atoms with Gasteiger partial charge in [0.05, 0.1) is 19.4 Å². The molecule has 0 aromatic heterocycles. The number of hydrogen-bond donors (Lipinski definition) is 1. The summed E-state index contributed by atoms with van der Waals surface area (Å²) in [6.45, 7) is 2.83. The number of ether oxygens (including phenoxy) is 2. The quantitative estimate of drug-likeness (QED) is 0.783. The zero-order chi connectivity index (χ0) is 10.4. The summed E-state index contributed by atoms with van der Waals surface area (Å²) in [5.41, 5.74) is 0.945. The van der Waals surface area contributed by atoms with Gasteiger partial charge in [0, 0.05) is 13.1 Å². The Balaban J connectivity index is 2.79. The van der Waals surface area contributed by atoms with E-state index in [2.05, 4.69) is 12.2 Å². The Kier molecular flexibility index (Phi) is 4.11. The van der Waals surface area contributed by atoms with Crippen LogP contribution in [0.5, 0.6) is 11.5 Å². The van der Waals surface area contributed by atoms with Crippen molar-refractivity contribution in [2.24, 2.45) is 0 Å². The molecule has 0 saturated carbocycles. The summed E-state index contributed by atoms with van der Waals surface area (Å²) in [7, 11) is 3.52. The van der Waals surface area contributed by atoms with Gasteiger partial charge in [0.1, 0.15) is 11.5 Å². The second kappa shape index (κ2) is 5.37. The van der Waals surface area contributed by atoms with Gasteiger partial charge in [-0.2, -0.15) is 0 Å². The van der Waals surface area contributed by atoms with Gasteiger partial charge in [0.2, 0.25) is 0 Å². The van der Waals surface area contributed by atoms with Gasteiger partial charge in [-0.3, -0.25) is 0 Å². The summed E-state index contributed by atoms with van der Waals surface area (Å²) >= 11 is 0. The molecule has 0 aliphatic rings. The van der Waals surface area contributed by atoms with Crippen LogP contribution in [-0.2, 0) is 0 Å². The number of methoxy groups -OCH3 is 1. The summed E-state index contributed by atoms with van der Waals surface area (Å²) in [5.74, 6) is 1.70. The SMILES string of the molecule is CCCOc1ccc(OC)c(NC)c1. The number of hydrogen-bond acceptors (Lipinski definition) is 3. The van der Waals surface area contributed by atoms with Crippen LogP contribution < -0.4 is 14.8 Å². The number of nitrogens with one attached hydrogen (secondary N) is 1. The topological polar surface area (TPSA) is 30.5 Å². The van der Waals surface area contributed by atoms with Crippen molar-refractivity contribution in [3.63, 3.8) is 0 Å². The van der Waals surface area contributed by atoms with Gasteiger partial charge in [-0.15, -0.1) is 0 Å². The zero-order valence-corrected chi connectivity index (χ0v) is 8.96. The third-order valence-corrected chi connectivity index (χ3v) is 1.91. The molecule has 78 valence electrons. The summed E-state index contributed by atoms with van der Waals surface area (Å²) in [6, 6.07) is 5.75. The molecule has 1 aromatic carbocycles. The normalized spacial score (nSPS) is 9.64. The van der Waals surface area contributed by atoms with E-state index in [4.69, 9.17) is 9.47 Å². The summed E-state index contributed by atoms with van der Waals surface area (Å²) in [6.07, 6.45) is 1.01. The first-order valence-electron chi connectivity index (χ1n) is 4.80. The van der Waals surface area contributed by atoms with E-state index in [1.165, 1.54) is 0 Å². The van der Waals surface area contributed by atoms with Crippen molar-refractivity contribution in [2.75, 3.05) is 26.1 Å². The zero-order valence-electron chi connectivity index (χ0n) is 8.96. The highest BCUT2D eigenvalue weighted by Gasteiger charge is 2.02. The Morgan fingerprint density at radius 2 is 2.14 bits per heavy atom. The average Bonchev–Trinajstić information content (AvgIpc) is 2.25. The Labute approximate surface area is 85.0 Å². The molecule has 1 aromatic rings. The molecule has 0 unspecified atom stereocenters. The molecule has 0 aliphatic carbocycles. The first kappa shape index (κ1) is 10.7. The molecule has 0 radical (unpaired) electrons. The Morgan fingerprint density at radius 1 is 1.36 bits per heavy atom. The number of benzene rings is 1. The van der Waals surface area contributed by atoms with Gasteiger partial charge in [-0.25, -0.2) is 0 Å². The van der Waals surface area contributed by atoms with Crippen molar-refractivity contribution in [3.05, 3.63) is 18.2 Å². The van der Waals surface area contributed by atoms with Crippen LogP contribution in [0.25, 0.3) is 0 Å². The molecule has 14 heavy (non-hydrogen) atoms. The minimum Gasteiger partial charge on any atom is -0.495 e. The van der Waals surface area contributed by atoms with Crippen molar-refractivity contribution in [1.29, 1.82) is 0 Å². The molecule has 0 spiro atoms. The largest absolute Gasteiger partial charge is 0.495 e. The highest BCUT2D eigenvalue weighted by Crippen LogP contribution is 2.28. The fraction of sp³-hybridized carbons (Fsp3) is 0.455. The number of anilines is 1. The summed E-state index contributed by atoms with van der Waals surface area (Å²) < 4.78 is 10.7. The van der Waals surface area contributed by atoms with E-state index in [0.717, 1.165) is 30.2 Å². The predicted octanol–water partition coefficient (Wildman–Crippen LogP) is 2.53. The van der Waals surface area contributed by atoms with Gasteiger partial charge in [-0.05, 0) is 18.6 Å². The summed E-state index contributed by atoms with van der Waals surface area (Å²) in [4.78, 5) is 0. The average molecular weight is 195 g/mol. The Morgan fingerprint density at radius 3 is 2.71 bits per heavy atom. The van der Waals surface area contributed by atoms with Crippen molar-refractivity contribution in [2.45, 2.75) is 13.3 Å². The van der Waals surface area contributed by atoms with Crippen LogP contribution in [0, 0.1) is 0 Å². The molecule has 0 saturated heterocycles. The smallest absolute Gasteiger partial charge is 0.142 e. The third kappa shape index (κ3) is 2.55. The molecule has 1 rings (SSSR count). The molecule has 0 aliphatic heterocycles. The van der Waals surface area contributed by atoms with Crippen LogP contribution in [0.1, 0.15) is 13.3 Å². The number of rotatable bonds is 5. The lowest BCUT2D eigenvalue weighted by Gasteiger charge is -2.10. The fourth-order valence-corrected chi connectivity index (χ4v) is 1.19. The van der Waals surface area contributed by atoms with E-state index >= 15 is 0 Å². The van der Waals surface area contributed by atoms with Gasteiger partial charge >= 0.3 is 0 Å². The lowest BCUT2D eigenvalue weighted by atomic mass is 10.2. The van der Waals surface area contributed by atoms with Crippen molar-refractivity contribution >= 4 is 5.69 Å². The highest BCUT2D eigenvalue weighted by atomic mass is 16.5. The highest BCUT2D eigenvalue weighted by molar-refractivity contribution is 5.59.